The van der Waals surface area contributed by atoms with Crippen LogP contribution in [0.2, 0.25) is 0 Å². The summed E-state index contributed by atoms with van der Waals surface area (Å²) in [6, 6.07) is 9.54. The van der Waals surface area contributed by atoms with Crippen molar-refractivity contribution in [3.8, 4) is 17.2 Å². The number of amides is 1. The first-order chi connectivity index (χ1) is 16.2. The number of esters is 1. The second-order valence-electron chi connectivity index (χ2n) is 6.85. The minimum absolute atomic E-state index is 0.0199. The van der Waals surface area contributed by atoms with E-state index >= 15 is 0 Å². The number of carbonyl (C=O) groups excluding carboxylic acids is 2. The lowest BCUT2D eigenvalue weighted by Crippen LogP contribution is -2.27. The van der Waals surface area contributed by atoms with Gasteiger partial charge in [-0.3, -0.25) is 19.7 Å². The van der Waals surface area contributed by atoms with Crippen molar-refractivity contribution in [3.63, 3.8) is 0 Å². The topological polar surface area (TPSA) is 152 Å². The Kier molecular flexibility index (Phi) is 6.90. The fourth-order valence-electron chi connectivity index (χ4n) is 3.19. The highest BCUT2D eigenvalue weighted by Gasteiger charge is 2.23. The van der Waals surface area contributed by atoms with Crippen molar-refractivity contribution < 1.29 is 28.7 Å². The summed E-state index contributed by atoms with van der Waals surface area (Å²) >= 11 is 0. The molecule has 0 bridgehead atoms. The quantitative estimate of drug-likeness (QED) is 0.313. The summed E-state index contributed by atoms with van der Waals surface area (Å²) in [5.41, 5.74) is -1.26. The molecule has 2 aromatic carbocycles. The molecule has 3 rings (SSSR count). The smallest absolute Gasteiger partial charge is 0.340 e. The highest BCUT2D eigenvalue weighted by molar-refractivity contribution is 6.07. The van der Waals surface area contributed by atoms with Crippen LogP contribution in [0.15, 0.2) is 47.3 Å². The van der Waals surface area contributed by atoms with Gasteiger partial charge in [-0.15, -0.1) is 0 Å². The Bertz CT molecular complexity index is 1350. The maximum absolute atomic E-state index is 13.0. The second kappa shape index (κ2) is 9.81. The van der Waals surface area contributed by atoms with E-state index in [2.05, 4.69) is 10.4 Å². The molecule has 34 heavy (non-hydrogen) atoms. The van der Waals surface area contributed by atoms with Crippen LogP contribution in [0.4, 0.5) is 11.4 Å². The van der Waals surface area contributed by atoms with Gasteiger partial charge in [-0.2, -0.15) is 5.10 Å². The molecule has 1 amide bonds. The maximum atomic E-state index is 13.0. The molecule has 0 spiro atoms. The predicted molar refractivity (Wildman–Crippen MR) is 120 cm³/mol. The number of hydrogen-bond donors (Lipinski definition) is 1. The molecule has 1 N–H and O–H groups in total. The van der Waals surface area contributed by atoms with Crippen LogP contribution in [-0.4, -0.2) is 47.9 Å². The number of nitrogens with zero attached hydrogens (tertiary/aromatic N) is 3. The third-order valence-corrected chi connectivity index (χ3v) is 4.81. The first-order valence-electron chi connectivity index (χ1n) is 9.72. The summed E-state index contributed by atoms with van der Waals surface area (Å²) in [6.45, 7) is 1.52. The number of methoxy groups -OCH3 is 3. The zero-order chi connectivity index (χ0) is 25.0. The zero-order valence-corrected chi connectivity index (χ0v) is 18.6. The number of anilines is 1. The standard InChI is InChI=1S/C22H20N4O8/c1-12-9-17(27)20(24-25(12)15-7-5-6-8-16(15)26(30)31)21(28)23-14-11-19(33-3)18(32-2)10-13(14)22(29)34-4/h5-11H,1-4H3,(H,23,28). The number of rotatable bonds is 7. The molecule has 0 saturated heterocycles. The average Bonchev–Trinajstić information content (AvgIpc) is 2.83. The van der Waals surface area contributed by atoms with Crippen molar-refractivity contribution in [2.24, 2.45) is 0 Å². The van der Waals surface area contributed by atoms with E-state index in [9.17, 15) is 24.5 Å². The molecule has 12 heteroatoms. The second-order valence-corrected chi connectivity index (χ2v) is 6.85. The zero-order valence-electron chi connectivity index (χ0n) is 18.6. The van der Waals surface area contributed by atoms with E-state index in [1.807, 2.05) is 0 Å². The number of carbonyl (C=O) groups is 2. The summed E-state index contributed by atoms with van der Waals surface area (Å²) in [4.78, 5) is 48.7. The first kappa shape index (κ1) is 23.9. The van der Waals surface area contributed by atoms with Crippen molar-refractivity contribution in [2.45, 2.75) is 6.92 Å². The Labute approximate surface area is 192 Å². The van der Waals surface area contributed by atoms with Crippen LogP contribution in [0.3, 0.4) is 0 Å². The number of ether oxygens (including phenoxy) is 3. The highest BCUT2D eigenvalue weighted by Crippen LogP contribution is 2.34. The van der Waals surface area contributed by atoms with Crippen LogP contribution in [0.25, 0.3) is 5.69 Å². The van der Waals surface area contributed by atoms with E-state index in [4.69, 9.17) is 14.2 Å². The lowest BCUT2D eigenvalue weighted by atomic mass is 10.1. The largest absolute Gasteiger partial charge is 0.493 e. The summed E-state index contributed by atoms with van der Waals surface area (Å²) < 4.78 is 16.3. The van der Waals surface area contributed by atoms with Crippen molar-refractivity contribution in [1.82, 2.24) is 9.78 Å². The van der Waals surface area contributed by atoms with Crippen molar-refractivity contribution in [1.29, 1.82) is 0 Å². The minimum Gasteiger partial charge on any atom is -0.493 e. The number of hydrogen-bond acceptors (Lipinski definition) is 9. The van der Waals surface area contributed by atoms with Gasteiger partial charge in [-0.25, -0.2) is 9.48 Å². The van der Waals surface area contributed by atoms with Crippen LogP contribution in [0.1, 0.15) is 26.5 Å². The molecule has 1 heterocycles. The monoisotopic (exact) mass is 468 g/mol. The lowest BCUT2D eigenvalue weighted by molar-refractivity contribution is -0.384. The number of aryl methyl sites for hydroxylation is 1. The number of para-hydroxylation sites is 2. The SMILES string of the molecule is COC(=O)c1cc(OC)c(OC)cc1NC(=O)c1nn(-c2ccccc2[N+](=O)[O-])c(C)cc1=O. The van der Waals surface area contributed by atoms with Gasteiger partial charge < -0.3 is 19.5 Å². The van der Waals surface area contributed by atoms with E-state index in [1.165, 1.54) is 51.5 Å². The molecule has 0 aliphatic heterocycles. The van der Waals surface area contributed by atoms with Gasteiger partial charge in [0.05, 0.1) is 37.5 Å². The number of nitro benzene ring substituents is 1. The summed E-state index contributed by atoms with van der Waals surface area (Å²) in [7, 11) is 3.91. The normalized spacial score (nSPS) is 10.4. The van der Waals surface area contributed by atoms with Gasteiger partial charge in [-0.05, 0) is 13.0 Å². The molecule has 0 saturated carbocycles. The fourth-order valence-corrected chi connectivity index (χ4v) is 3.19. The molecule has 12 nitrogen and oxygen atoms in total. The molecule has 176 valence electrons. The Hall–Kier alpha value is -4.74. The minimum atomic E-state index is -0.949. The van der Waals surface area contributed by atoms with Crippen LogP contribution >= 0.6 is 0 Å². The Morgan fingerprint density at radius 1 is 1.06 bits per heavy atom. The molecule has 0 radical (unpaired) electrons. The van der Waals surface area contributed by atoms with Gasteiger partial charge in [0.15, 0.2) is 17.2 Å². The third kappa shape index (κ3) is 4.55. The van der Waals surface area contributed by atoms with E-state index in [1.54, 1.807) is 6.07 Å². The van der Waals surface area contributed by atoms with E-state index in [-0.39, 0.29) is 39.8 Å². The number of nitro groups is 1. The maximum Gasteiger partial charge on any atom is 0.340 e. The van der Waals surface area contributed by atoms with Gasteiger partial charge in [0.1, 0.15) is 5.69 Å². The Morgan fingerprint density at radius 2 is 1.71 bits per heavy atom. The molecular formula is C22H20N4O8. The lowest BCUT2D eigenvalue weighted by Gasteiger charge is -2.15. The number of nitrogens with one attached hydrogen (secondary N) is 1. The van der Waals surface area contributed by atoms with Crippen LogP contribution in [0.5, 0.6) is 11.5 Å². The molecule has 0 unspecified atom stereocenters. The highest BCUT2D eigenvalue weighted by atomic mass is 16.6. The van der Waals surface area contributed by atoms with Gasteiger partial charge in [-0.1, -0.05) is 12.1 Å². The Morgan fingerprint density at radius 3 is 2.32 bits per heavy atom. The molecular weight excluding hydrogens is 448 g/mol. The fraction of sp³-hybridized carbons (Fsp3) is 0.182. The third-order valence-electron chi connectivity index (χ3n) is 4.81. The average molecular weight is 468 g/mol. The number of benzene rings is 2. The van der Waals surface area contributed by atoms with Gasteiger partial charge in [0.2, 0.25) is 5.43 Å². The van der Waals surface area contributed by atoms with E-state index in [0.717, 1.165) is 17.9 Å². The van der Waals surface area contributed by atoms with Crippen LogP contribution in [0, 0.1) is 17.0 Å². The van der Waals surface area contributed by atoms with Crippen molar-refractivity contribution in [3.05, 3.63) is 79.8 Å². The molecule has 0 atom stereocenters. The molecule has 3 aromatic rings. The summed E-state index contributed by atoms with van der Waals surface area (Å²) in [6.07, 6.45) is 0. The van der Waals surface area contributed by atoms with Crippen LogP contribution in [-0.2, 0) is 4.74 Å². The molecule has 1 aromatic heterocycles. The van der Waals surface area contributed by atoms with Gasteiger partial charge in [0.25, 0.3) is 11.6 Å². The summed E-state index contributed by atoms with van der Waals surface area (Å²) in [5.74, 6) is -1.30. The predicted octanol–water partition coefficient (Wildman–Crippen LogP) is 2.51. The van der Waals surface area contributed by atoms with Gasteiger partial charge >= 0.3 is 5.97 Å². The van der Waals surface area contributed by atoms with Crippen molar-refractivity contribution in [2.75, 3.05) is 26.6 Å². The number of aromatic nitrogens is 2. The molecule has 0 aliphatic rings. The molecule has 0 fully saturated rings. The molecule has 0 aliphatic carbocycles. The van der Waals surface area contributed by atoms with Crippen molar-refractivity contribution >= 4 is 23.3 Å². The van der Waals surface area contributed by atoms with E-state index < -0.39 is 27.9 Å². The first-order valence-corrected chi connectivity index (χ1v) is 9.72. The van der Waals surface area contributed by atoms with Gasteiger partial charge in [0, 0.05) is 30.0 Å². The Balaban J connectivity index is 2.11. The van der Waals surface area contributed by atoms with Crippen LogP contribution < -0.4 is 20.2 Å². The van der Waals surface area contributed by atoms with E-state index in [0.29, 0.717) is 0 Å². The summed E-state index contributed by atoms with van der Waals surface area (Å²) in [5, 5.41) is 18.0.